The lowest BCUT2D eigenvalue weighted by Gasteiger charge is -2.20. The van der Waals surface area contributed by atoms with Crippen LogP contribution in [0.1, 0.15) is 55.3 Å². The molecule has 3 heteroatoms. The zero-order valence-electron chi connectivity index (χ0n) is 9.41. The molecule has 1 heterocycles. The van der Waals surface area contributed by atoms with Crippen LogP contribution in [0.3, 0.4) is 0 Å². The molecule has 84 valence electrons. The van der Waals surface area contributed by atoms with Gasteiger partial charge in [0, 0.05) is 5.38 Å². The van der Waals surface area contributed by atoms with E-state index in [0.717, 1.165) is 10.7 Å². The maximum atomic E-state index is 6.30. The van der Waals surface area contributed by atoms with Crippen LogP contribution in [0.25, 0.3) is 0 Å². The minimum atomic E-state index is 0.174. The van der Waals surface area contributed by atoms with Gasteiger partial charge in [0.1, 0.15) is 0 Å². The van der Waals surface area contributed by atoms with Crippen molar-refractivity contribution < 1.29 is 0 Å². The van der Waals surface area contributed by atoms with Crippen LogP contribution in [0.15, 0.2) is 5.38 Å². The van der Waals surface area contributed by atoms with E-state index >= 15 is 0 Å². The first kappa shape index (κ1) is 11.1. The van der Waals surface area contributed by atoms with Gasteiger partial charge in [-0.1, -0.05) is 25.7 Å². The SMILES string of the molecule is Cc1nc(C(N)C2CCCCCC2)cs1. The second-order valence-electron chi connectivity index (χ2n) is 4.57. The summed E-state index contributed by atoms with van der Waals surface area (Å²) >= 11 is 1.71. The van der Waals surface area contributed by atoms with Gasteiger partial charge in [0.25, 0.3) is 0 Å². The van der Waals surface area contributed by atoms with E-state index in [4.69, 9.17) is 5.73 Å². The molecule has 0 aliphatic heterocycles. The number of aryl methyl sites for hydroxylation is 1. The van der Waals surface area contributed by atoms with Crippen LogP contribution in [0.5, 0.6) is 0 Å². The Morgan fingerprint density at radius 3 is 2.53 bits per heavy atom. The van der Waals surface area contributed by atoms with Crippen LogP contribution in [-0.2, 0) is 0 Å². The van der Waals surface area contributed by atoms with Gasteiger partial charge in [0.05, 0.1) is 16.7 Å². The number of nitrogens with two attached hydrogens (primary N) is 1. The maximum Gasteiger partial charge on any atom is 0.0898 e. The highest BCUT2D eigenvalue weighted by Gasteiger charge is 2.22. The highest BCUT2D eigenvalue weighted by atomic mass is 32.1. The van der Waals surface area contributed by atoms with Crippen molar-refractivity contribution in [2.45, 2.75) is 51.5 Å². The summed E-state index contributed by atoms with van der Waals surface area (Å²) in [6.07, 6.45) is 8.05. The van der Waals surface area contributed by atoms with Gasteiger partial charge in [-0.05, 0) is 25.7 Å². The van der Waals surface area contributed by atoms with E-state index in [2.05, 4.69) is 10.4 Å². The number of rotatable bonds is 2. The Balaban J connectivity index is 2.02. The van der Waals surface area contributed by atoms with Crippen LogP contribution in [0.4, 0.5) is 0 Å². The number of thiazole rings is 1. The smallest absolute Gasteiger partial charge is 0.0898 e. The third-order valence-corrected chi connectivity index (χ3v) is 4.18. The standard InChI is InChI=1S/C12H20N2S/c1-9-14-11(8-15-9)12(13)10-6-4-2-3-5-7-10/h8,10,12H,2-7,13H2,1H3. The number of hydrogen-bond donors (Lipinski definition) is 1. The van der Waals surface area contributed by atoms with Gasteiger partial charge in [0.15, 0.2) is 0 Å². The fourth-order valence-electron chi connectivity index (χ4n) is 2.44. The molecule has 0 amide bonds. The second-order valence-corrected chi connectivity index (χ2v) is 5.63. The molecule has 2 nitrogen and oxygen atoms in total. The zero-order chi connectivity index (χ0) is 10.7. The fraction of sp³-hybridized carbons (Fsp3) is 0.750. The van der Waals surface area contributed by atoms with Gasteiger partial charge in [-0.3, -0.25) is 0 Å². The van der Waals surface area contributed by atoms with Crippen LogP contribution in [-0.4, -0.2) is 4.98 Å². The van der Waals surface area contributed by atoms with E-state index in [1.54, 1.807) is 11.3 Å². The van der Waals surface area contributed by atoms with Gasteiger partial charge in [-0.2, -0.15) is 0 Å². The Labute approximate surface area is 95.9 Å². The average molecular weight is 224 g/mol. The molecule has 1 unspecified atom stereocenters. The molecule has 1 aliphatic rings. The van der Waals surface area contributed by atoms with E-state index in [1.165, 1.54) is 38.5 Å². The third kappa shape index (κ3) is 2.79. The molecular weight excluding hydrogens is 204 g/mol. The Bertz CT molecular complexity index is 300. The summed E-state index contributed by atoms with van der Waals surface area (Å²) < 4.78 is 0. The van der Waals surface area contributed by atoms with Crippen molar-refractivity contribution in [1.29, 1.82) is 0 Å². The van der Waals surface area contributed by atoms with Crippen molar-refractivity contribution in [2.24, 2.45) is 11.7 Å². The topological polar surface area (TPSA) is 38.9 Å². The predicted octanol–water partition coefficient (Wildman–Crippen LogP) is 3.42. The summed E-state index contributed by atoms with van der Waals surface area (Å²) in [6, 6.07) is 0.174. The Morgan fingerprint density at radius 1 is 1.33 bits per heavy atom. The Morgan fingerprint density at radius 2 is 2.00 bits per heavy atom. The van der Waals surface area contributed by atoms with Crippen molar-refractivity contribution in [2.75, 3.05) is 0 Å². The van der Waals surface area contributed by atoms with Gasteiger partial charge in [-0.15, -0.1) is 11.3 Å². The van der Waals surface area contributed by atoms with Crippen molar-refractivity contribution in [3.05, 3.63) is 16.1 Å². The molecule has 1 fully saturated rings. The molecule has 0 radical (unpaired) electrons. The molecule has 0 bridgehead atoms. The van der Waals surface area contributed by atoms with Crippen molar-refractivity contribution in [3.63, 3.8) is 0 Å². The van der Waals surface area contributed by atoms with Crippen LogP contribution in [0, 0.1) is 12.8 Å². The number of hydrogen-bond acceptors (Lipinski definition) is 3. The molecule has 2 rings (SSSR count). The normalized spacial score (nSPS) is 21.2. The summed E-state index contributed by atoms with van der Waals surface area (Å²) in [6.45, 7) is 2.05. The van der Waals surface area contributed by atoms with Crippen LogP contribution >= 0.6 is 11.3 Å². The van der Waals surface area contributed by atoms with Gasteiger partial charge < -0.3 is 5.73 Å². The lowest BCUT2D eigenvalue weighted by molar-refractivity contribution is 0.377. The van der Waals surface area contributed by atoms with E-state index in [9.17, 15) is 0 Å². The summed E-state index contributed by atoms with van der Waals surface area (Å²) in [5.74, 6) is 0.661. The molecule has 1 saturated carbocycles. The largest absolute Gasteiger partial charge is 0.322 e. The van der Waals surface area contributed by atoms with E-state index in [0.29, 0.717) is 5.92 Å². The molecule has 15 heavy (non-hydrogen) atoms. The average Bonchev–Trinajstić information content (AvgIpc) is 2.53. The number of aromatic nitrogens is 1. The van der Waals surface area contributed by atoms with Gasteiger partial charge >= 0.3 is 0 Å². The third-order valence-electron chi connectivity index (χ3n) is 3.39. The minimum Gasteiger partial charge on any atom is -0.322 e. The maximum absolute atomic E-state index is 6.30. The van der Waals surface area contributed by atoms with Crippen molar-refractivity contribution in [1.82, 2.24) is 4.98 Å². The first-order chi connectivity index (χ1) is 7.27. The van der Waals surface area contributed by atoms with Crippen LogP contribution in [0.2, 0.25) is 0 Å². The Kier molecular flexibility index (Phi) is 3.76. The summed E-state index contributed by atoms with van der Waals surface area (Å²) in [7, 11) is 0. The van der Waals surface area contributed by atoms with Gasteiger partial charge in [-0.25, -0.2) is 4.98 Å². The highest BCUT2D eigenvalue weighted by Crippen LogP contribution is 2.32. The molecule has 1 atom stereocenters. The predicted molar refractivity (Wildman–Crippen MR) is 65.0 cm³/mol. The number of nitrogens with zero attached hydrogens (tertiary/aromatic N) is 1. The van der Waals surface area contributed by atoms with Crippen molar-refractivity contribution >= 4 is 11.3 Å². The van der Waals surface area contributed by atoms with E-state index in [-0.39, 0.29) is 6.04 Å². The highest BCUT2D eigenvalue weighted by molar-refractivity contribution is 7.09. The molecule has 0 aromatic carbocycles. The van der Waals surface area contributed by atoms with E-state index in [1.807, 2.05) is 6.92 Å². The lowest BCUT2D eigenvalue weighted by atomic mass is 9.91. The monoisotopic (exact) mass is 224 g/mol. The quantitative estimate of drug-likeness (QED) is 0.782. The molecule has 1 aromatic heterocycles. The second kappa shape index (κ2) is 5.08. The zero-order valence-corrected chi connectivity index (χ0v) is 10.2. The lowest BCUT2D eigenvalue weighted by Crippen LogP contribution is -2.21. The van der Waals surface area contributed by atoms with Gasteiger partial charge in [0.2, 0.25) is 0 Å². The molecule has 1 aromatic rings. The summed E-state index contributed by atoms with van der Waals surface area (Å²) in [5.41, 5.74) is 7.41. The molecular formula is C12H20N2S. The first-order valence-corrected chi connectivity index (χ1v) is 6.83. The summed E-state index contributed by atoms with van der Waals surface area (Å²) in [4.78, 5) is 4.51. The van der Waals surface area contributed by atoms with Crippen molar-refractivity contribution in [3.8, 4) is 0 Å². The molecule has 2 N–H and O–H groups in total. The Hall–Kier alpha value is -0.410. The molecule has 0 spiro atoms. The van der Waals surface area contributed by atoms with Crippen LogP contribution < -0.4 is 5.73 Å². The van der Waals surface area contributed by atoms with E-state index < -0.39 is 0 Å². The molecule has 0 saturated heterocycles. The molecule has 1 aliphatic carbocycles. The summed E-state index contributed by atoms with van der Waals surface area (Å²) in [5, 5.41) is 3.26. The fourth-order valence-corrected chi connectivity index (χ4v) is 3.10. The first-order valence-electron chi connectivity index (χ1n) is 5.95. The minimum absolute atomic E-state index is 0.174.